The zero-order valence-electron chi connectivity index (χ0n) is 16.5. The lowest BCUT2D eigenvalue weighted by Gasteiger charge is -2.11. The van der Waals surface area contributed by atoms with E-state index in [1.165, 1.54) is 19.2 Å². The second-order valence-electron chi connectivity index (χ2n) is 6.37. The Labute approximate surface area is 189 Å². The molecule has 0 radical (unpaired) electrons. The van der Waals surface area contributed by atoms with Gasteiger partial charge in [-0.25, -0.2) is 9.78 Å². The van der Waals surface area contributed by atoms with Gasteiger partial charge in [-0.3, -0.25) is 15.1 Å². The molecule has 0 aliphatic heterocycles. The normalized spacial score (nSPS) is 10.6. The zero-order valence-corrected chi connectivity index (χ0v) is 18.1. The van der Waals surface area contributed by atoms with E-state index in [1.807, 2.05) is 6.07 Å². The number of anilines is 2. The quantitative estimate of drug-likeness (QED) is 0.222. The third kappa shape index (κ3) is 4.18. The van der Waals surface area contributed by atoms with Gasteiger partial charge in [0.1, 0.15) is 11.8 Å². The fraction of sp³-hybridized carbons (Fsp3) is 0.0476. The summed E-state index contributed by atoms with van der Waals surface area (Å²) in [5, 5.41) is 15.5. The van der Waals surface area contributed by atoms with Crippen molar-refractivity contribution in [3.8, 4) is 11.6 Å². The highest BCUT2D eigenvalue weighted by Crippen LogP contribution is 2.38. The Hall–Kier alpha value is -4.12. The summed E-state index contributed by atoms with van der Waals surface area (Å²) in [6.45, 7) is 0. The van der Waals surface area contributed by atoms with Crippen LogP contribution in [0.5, 0.6) is 11.6 Å². The molecule has 1 N–H and O–H groups in total. The van der Waals surface area contributed by atoms with Crippen LogP contribution in [0, 0.1) is 10.1 Å². The third-order valence-electron chi connectivity index (χ3n) is 4.43. The number of nitrogens with one attached hydrogen (secondary N) is 1. The van der Waals surface area contributed by atoms with Gasteiger partial charge in [0.15, 0.2) is 5.75 Å². The lowest BCUT2D eigenvalue weighted by atomic mass is 10.2. The summed E-state index contributed by atoms with van der Waals surface area (Å²) in [5.74, 6) is -0.497. The maximum Gasteiger partial charge on any atom is 0.373 e. The molecule has 11 heteroatoms. The number of carbonyl (C=O) groups is 1. The van der Waals surface area contributed by atoms with Gasteiger partial charge in [-0.05, 0) is 42.5 Å². The zero-order chi connectivity index (χ0) is 22.7. The number of hydrogen-bond acceptors (Lipinski definition) is 9. The number of nitrogens with zero attached hydrogens (tertiary/aromatic N) is 4. The maximum atomic E-state index is 11.8. The van der Waals surface area contributed by atoms with E-state index in [2.05, 4.69) is 40.9 Å². The fourth-order valence-corrected chi connectivity index (χ4v) is 3.39. The number of fused-ring (bicyclic) bond motifs is 1. The predicted molar refractivity (Wildman–Crippen MR) is 119 cm³/mol. The summed E-state index contributed by atoms with van der Waals surface area (Å²) < 4.78 is 11.3. The SMILES string of the molecule is COC(=O)c1ccc(Nc2ncnc(Oc3ccc(Br)c4cccnc34)c2[N+](=O)[O-])cc1. The summed E-state index contributed by atoms with van der Waals surface area (Å²) in [6, 6.07) is 13.2. The van der Waals surface area contributed by atoms with E-state index in [0.717, 1.165) is 16.2 Å². The van der Waals surface area contributed by atoms with Crippen molar-refractivity contribution in [1.82, 2.24) is 15.0 Å². The summed E-state index contributed by atoms with van der Waals surface area (Å²) in [4.78, 5) is 35.1. The monoisotopic (exact) mass is 495 g/mol. The van der Waals surface area contributed by atoms with Gasteiger partial charge in [0.25, 0.3) is 0 Å². The highest BCUT2D eigenvalue weighted by molar-refractivity contribution is 9.10. The molecule has 0 saturated heterocycles. The third-order valence-corrected chi connectivity index (χ3v) is 5.12. The van der Waals surface area contributed by atoms with Crippen LogP contribution in [0.2, 0.25) is 0 Å². The second-order valence-corrected chi connectivity index (χ2v) is 7.23. The first kappa shape index (κ1) is 21.1. The van der Waals surface area contributed by atoms with E-state index in [0.29, 0.717) is 22.5 Å². The molecule has 0 unspecified atom stereocenters. The smallest absolute Gasteiger partial charge is 0.373 e. The van der Waals surface area contributed by atoms with E-state index in [1.54, 1.807) is 36.5 Å². The average Bonchev–Trinajstić information content (AvgIpc) is 2.81. The van der Waals surface area contributed by atoms with Crippen LogP contribution in [0.3, 0.4) is 0 Å². The van der Waals surface area contributed by atoms with Crippen molar-refractivity contribution >= 4 is 50.0 Å². The number of ether oxygens (including phenoxy) is 2. The number of halogens is 1. The Morgan fingerprint density at radius 1 is 1.09 bits per heavy atom. The summed E-state index contributed by atoms with van der Waals surface area (Å²) in [5.41, 5.74) is 0.884. The molecule has 2 aromatic carbocycles. The van der Waals surface area contributed by atoms with Gasteiger partial charge in [-0.1, -0.05) is 22.0 Å². The van der Waals surface area contributed by atoms with Crippen molar-refractivity contribution < 1.29 is 19.2 Å². The maximum absolute atomic E-state index is 11.8. The molecule has 0 fully saturated rings. The Kier molecular flexibility index (Phi) is 5.90. The van der Waals surface area contributed by atoms with E-state index < -0.39 is 16.6 Å². The molecule has 0 aliphatic carbocycles. The fourth-order valence-electron chi connectivity index (χ4n) is 2.94. The van der Waals surface area contributed by atoms with Crippen molar-refractivity contribution in [1.29, 1.82) is 0 Å². The number of esters is 1. The first-order chi connectivity index (χ1) is 15.5. The average molecular weight is 496 g/mol. The van der Waals surface area contributed by atoms with E-state index >= 15 is 0 Å². The highest BCUT2D eigenvalue weighted by atomic mass is 79.9. The van der Waals surface area contributed by atoms with Gasteiger partial charge < -0.3 is 14.8 Å². The lowest BCUT2D eigenvalue weighted by molar-refractivity contribution is -0.385. The molecule has 0 amide bonds. The first-order valence-corrected chi connectivity index (χ1v) is 9.93. The number of methoxy groups -OCH3 is 1. The molecule has 4 rings (SSSR count). The molecule has 160 valence electrons. The van der Waals surface area contributed by atoms with Gasteiger partial charge >= 0.3 is 17.5 Å². The number of carbonyl (C=O) groups excluding carboxylic acids is 1. The van der Waals surface area contributed by atoms with Crippen LogP contribution in [0.15, 0.2) is 65.5 Å². The van der Waals surface area contributed by atoms with Crippen LogP contribution in [0.25, 0.3) is 10.9 Å². The van der Waals surface area contributed by atoms with Crippen molar-refractivity contribution in [2.45, 2.75) is 0 Å². The molecular weight excluding hydrogens is 482 g/mol. The van der Waals surface area contributed by atoms with Gasteiger partial charge in [-0.2, -0.15) is 4.98 Å². The number of nitro groups is 1. The van der Waals surface area contributed by atoms with Crippen LogP contribution in [-0.4, -0.2) is 33.0 Å². The molecule has 0 saturated carbocycles. The van der Waals surface area contributed by atoms with Crippen LogP contribution in [0.1, 0.15) is 10.4 Å². The Morgan fingerprint density at radius 3 is 2.59 bits per heavy atom. The molecule has 0 atom stereocenters. The van der Waals surface area contributed by atoms with E-state index in [-0.39, 0.29) is 11.7 Å². The minimum absolute atomic E-state index is 0.0693. The molecule has 10 nitrogen and oxygen atoms in total. The first-order valence-electron chi connectivity index (χ1n) is 9.14. The molecule has 0 spiro atoms. The van der Waals surface area contributed by atoms with Gasteiger partial charge in [0.2, 0.25) is 5.82 Å². The van der Waals surface area contributed by atoms with Crippen molar-refractivity contribution in [2.75, 3.05) is 12.4 Å². The second kappa shape index (κ2) is 8.94. The summed E-state index contributed by atoms with van der Waals surface area (Å²) in [7, 11) is 1.28. The molecule has 2 heterocycles. The minimum atomic E-state index is -0.630. The molecular formula is C21H14BrN5O5. The van der Waals surface area contributed by atoms with Gasteiger partial charge in [0, 0.05) is 21.7 Å². The van der Waals surface area contributed by atoms with Crippen molar-refractivity contribution in [2.24, 2.45) is 0 Å². The Balaban J connectivity index is 1.70. The number of benzene rings is 2. The van der Waals surface area contributed by atoms with E-state index in [9.17, 15) is 14.9 Å². The lowest BCUT2D eigenvalue weighted by Crippen LogP contribution is -2.04. The standard InChI is InChI=1S/C21H14BrN5O5/c1-31-21(28)12-4-6-13(7-5-12)26-19-18(27(29)30)20(25-11-24-19)32-16-9-8-15(22)14-3-2-10-23-17(14)16/h2-11H,1H3,(H,24,25,26). The predicted octanol–water partition coefficient (Wildman–Crippen LogP) is 5.02. The van der Waals surface area contributed by atoms with Gasteiger partial charge in [0.05, 0.1) is 17.6 Å². The van der Waals surface area contributed by atoms with Crippen LogP contribution in [-0.2, 0) is 4.74 Å². The summed E-state index contributed by atoms with van der Waals surface area (Å²) >= 11 is 3.45. The minimum Gasteiger partial charge on any atom is -0.465 e. The molecule has 4 aromatic rings. The number of hydrogen-bond donors (Lipinski definition) is 1. The number of rotatable bonds is 6. The van der Waals surface area contributed by atoms with Crippen molar-refractivity contribution in [3.05, 3.63) is 81.2 Å². The molecule has 2 aromatic heterocycles. The molecule has 0 bridgehead atoms. The van der Waals surface area contributed by atoms with Crippen LogP contribution >= 0.6 is 15.9 Å². The largest absolute Gasteiger partial charge is 0.465 e. The van der Waals surface area contributed by atoms with Crippen LogP contribution < -0.4 is 10.1 Å². The number of aromatic nitrogens is 3. The summed E-state index contributed by atoms with van der Waals surface area (Å²) in [6.07, 6.45) is 2.75. The highest BCUT2D eigenvalue weighted by Gasteiger charge is 2.26. The molecule has 32 heavy (non-hydrogen) atoms. The Bertz CT molecular complexity index is 1330. The number of pyridine rings is 1. The van der Waals surface area contributed by atoms with Crippen LogP contribution in [0.4, 0.5) is 17.2 Å². The topological polar surface area (TPSA) is 129 Å². The Morgan fingerprint density at radius 2 is 1.88 bits per heavy atom. The van der Waals surface area contributed by atoms with Gasteiger partial charge in [-0.15, -0.1) is 0 Å². The van der Waals surface area contributed by atoms with E-state index in [4.69, 9.17) is 4.74 Å². The van der Waals surface area contributed by atoms with Crippen molar-refractivity contribution in [3.63, 3.8) is 0 Å². The molecule has 0 aliphatic rings.